The maximum Gasteiger partial charge on any atom is 0.0700 e. The normalized spacial score (nSPS) is 27.4. The first kappa shape index (κ1) is 12.3. The van der Waals surface area contributed by atoms with E-state index in [-0.39, 0.29) is 0 Å². The molecule has 0 saturated carbocycles. The van der Waals surface area contributed by atoms with E-state index in [2.05, 4.69) is 10.2 Å². The van der Waals surface area contributed by atoms with E-state index in [1.807, 2.05) is 0 Å². The third-order valence-corrected chi connectivity index (χ3v) is 3.67. The van der Waals surface area contributed by atoms with E-state index in [0.717, 1.165) is 19.7 Å². The van der Waals surface area contributed by atoms with E-state index in [4.69, 9.17) is 4.74 Å². The number of likely N-dealkylation sites (tertiary alicyclic amines) is 1. The highest BCUT2D eigenvalue weighted by atomic mass is 16.5. The van der Waals surface area contributed by atoms with Gasteiger partial charge in [-0.3, -0.25) is 0 Å². The molecule has 3 nitrogen and oxygen atoms in total. The number of ether oxygens (including phenoxy) is 1. The maximum atomic E-state index is 5.58. The minimum atomic E-state index is 0.495. The topological polar surface area (TPSA) is 24.5 Å². The van der Waals surface area contributed by atoms with Crippen LogP contribution in [0.15, 0.2) is 0 Å². The summed E-state index contributed by atoms with van der Waals surface area (Å²) in [5.41, 5.74) is 0. The Morgan fingerprint density at radius 3 is 2.75 bits per heavy atom. The zero-order chi connectivity index (χ0) is 11.1. The molecule has 0 radical (unpaired) electrons. The second-order valence-corrected chi connectivity index (χ2v) is 5.10. The largest absolute Gasteiger partial charge is 0.377 e. The van der Waals surface area contributed by atoms with Crippen molar-refractivity contribution in [1.29, 1.82) is 0 Å². The Labute approximate surface area is 99.5 Å². The van der Waals surface area contributed by atoms with Crippen LogP contribution in [0.5, 0.6) is 0 Å². The molecule has 0 aromatic carbocycles. The van der Waals surface area contributed by atoms with Crippen molar-refractivity contribution >= 4 is 0 Å². The average Bonchev–Trinajstić information content (AvgIpc) is 2.83. The van der Waals surface area contributed by atoms with Gasteiger partial charge in [0.2, 0.25) is 0 Å². The Bertz CT molecular complexity index is 175. The number of nitrogens with one attached hydrogen (secondary N) is 1. The second kappa shape index (κ2) is 7.25. The molecule has 0 aromatic rings. The van der Waals surface area contributed by atoms with Gasteiger partial charge in [0, 0.05) is 13.2 Å². The summed E-state index contributed by atoms with van der Waals surface area (Å²) in [6.45, 7) is 7.10. The summed E-state index contributed by atoms with van der Waals surface area (Å²) in [6.07, 6.45) is 8.53. The van der Waals surface area contributed by atoms with Gasteiger partial charge in [-0.05, 0) is 58.3 Å². The van der Waals surface area contributed by atoms with E-state index in [9.17, 15) is 0 Å². The van der Waals surface area contributed by atoms with Crippen LogP contribution in [0, 0.1) is 0 Å². The number of nitrogens with zero attached hydrogens (tertiary/aromatic N) is 1. The van der Waals surface area contributed by atoms with Crippen LogP contribution >= 0.6 is 0 Å². The molecular formula is C13H26N2O. The number of rotatable bonds is 6. The standard InChI is InChI=1S/C13H26N2O/c1-2-8-15(9-3-1)10-5-7-14-12-13-6-4-11-16-13/h13-14H,1-12H2/t13-/m1/s1. The van der Waals surface area contributed by atoms with Gasteiger partial charge in [0.05, 0.1) is 6.10 Å². The van der Waals surface area contributed by atoms with Crippen LogP contribution in [-0.2, 0) is 4.74 Å². The van der Waals surface area contributed by atoms with Crippen molar-refractivity contribution in [3.63, 3.8) is 0 Å². The smallest absolute Gasteiger partial charge is 0.0700 e. The highest BCUT2D eigenvalue weighted by molar-refractivity contribution is 4.68. The van der Waals surface area contributed by atoms with Gasteiger partial charge in [0.15, 0.2) is 0 Å². The number of hydrogen-bond donors (Lipinski definition) is 1. The van der Waals surface area contributed by atoms with Gasteiger partial charge in [0.1, 0.15) is 0 Å². The Morgan fingerprint density at radius 2 is 2.00 bits per heavy atom. The van der Waals surface area contributed by atoms with Crippen LogP contribution < -0.4 is 5.32 Å². The minimum absolute atomic E-state index is 0.495. The van der Waals surface area contributed by atoms with Crippen molar-refractivity contribution in [2.75, 3.05) is 39.3 Å². The lowest BCUT2D eigenvalue weighted by atomic mass is 10.1. The lowest BCUT2D eigenvalue weighted by Gasteiger charge is -2.26. The third-order valence-electron chi connectivity index (χ3n) is 3.67. The van der Waals surface area contributed by atoms with Crippen LogP contribution in [0.1, 0.15) is 38.5 Å². The molecule has 16 heavy (non-hydrogen) atoms. The maximum absolute atomic E-state index is 5.58. The van der Waals surface area contributed by atoms with Crippen molar-refractivity contribution in [3.8, 4) is 0 Å². The van der Waals surface area contributed by atoms with Crippen LogP contribution in [0.3, 0.4) is 0 Å². The third kappa shape index (κ3) is 4.40. The molecule has 94 valence electrons. The highest BCUT2D eigenvalue weighted by Crippen LogP contribution is 2.10. The molecule has 2 rings (SSSR count). The molecule has 0 amide bonds. The number of hydrogen-bond acceptors (Lipinski definition) is 3. The van der Waals surface area contributed by atoms with Crippen LogP contribution in [0.25, 0.3) is 0 Å². The summed E-state index contributed by atoms with van der Waals surface area (Å²) in [6, 6.07) is 0. The van der Waals surface area contributed by atoms with Crippen molar-refractivity contribution in [1.82, 2.24) is 10.2 Å². The Morgan fingerprint density at radius 1 is 1.12 bits per heavy atom. The molecule has 2 fully saturated rings. The Balaban J connectivity index is 1.42. The molecule has 3 heteroatoms. The lowest BCUT2D eigenvalue weighted by Crippen LogP contribution is -2.33. The van der Waals surface area contributed by atoms with Gasteiger partial charge < -0.3 is 15.0 Å². The first-order valence-corrected chi connectivity index (χ1v) is 7.00. The summed E-state index contributed by atoms with van der Waals surface area (Å²) in [7, 11) is 0. The monoisotopic (exact) mass is 226 g/mol. The molecule has 0 aliphatic carbocycles. The summed E-state index contributed by atoms with van der Waals surface area (Å²) in [4.78, 5) is 2.61. The molecule has 0 spiro atoms. The summed E-state index contributed by atoms with van der Waals surface area (Å²) in [5, 5.41) is 3.52. The van der Waals surface area contributed by atoms with Crippen molar-refractivity contribution in [3.05, 3.63) is 0 Å². The Kier molecular flexibility index (Phi) is 5.59. The van der Waals surface area contributed by atoms with E-state index in [0.29, 0.717) is 6.10 Å². The zero-order valence-electron chi connectivity index (χ0n) is 10.4. The Hall–Kier alpha value is -0.120. The van der Waals surface area contributed by atoms with Crippen LogP contribution in [0.4, 0.5) is 0 Å². The van der Waals surface area contributed by atoms with Crippen LogP contribution in [-0.4, -0.2) is 50.3 Å². The van der Waals surface area contributed by atoms with E-state index < -0.39 is 0 Å². The van der Waals surface area contributed by atoms with E-state index in [1.54, 1.807) is 0 Å². The second-order valence-electron chi connectivity index (χ2n) is 5.10. The zero-order valence-corrected chi connectivity index (χ0v) is 10.4. The molecular weight excluding hydrogens is 200 g/mol. The summed E-state index contributed by atoms with van der Waals surface area (Å²) in [5.74, 6) is 0. The highest BCUT2D eigenvalue weighted by Gasteiger charge is 2.14. The predicted molar refractivity (Wildman–Crippen MR) is 66.8 cm³/mol. The summed E-state index contributed by atoms with van der Waals surface area (Å²) < 4.78 is 5.58. The van der Waals surface area contributed by atoms with Crippen molar-refractivity contribution in [2.45, 2.75) is 44.6 Å². The molecule has 2 saturated heterocycles. The molecule has 0 unspecified atom stereocenters. The fourth-order valence-corrected chi connectivity index (χ4v) is 2.68. The average molecular weight is 226 g/mol. The number of piperidine rings is 1. The van der Waals surface area contributed by atoms with Gasteiger partial charge in [-0.1, -0.05) is 6.42 Å². The molecule has 1 atom stereocenters. The fraction of sp³-hybridized carbons (Fsp3) is 1.00. The molecule has 2 aliphatic heterocycles. The predicted octanol–water partition coefficient (Wildman–Crippen LogP) is 1.63. The van der Waals surface area contributed by atoms with Gasteiger partial charge in [0.25, 0.3) is 0 Å². The molecule has 0 bridgehead atoms. The first-order valence-electron chi connectivity index (χ1n) is 7.00. The quantitative estimate of drug-likeness (QED) is 0.697. The van der Waals surface area contributed by atoms with Gasteiger partial charge in [-0.15, -0.1) is 0 Å². The van der Waals surface area contributed by atoms with Crippen LogP contribution in [0.2, 0.25) is 0 Å². The van der Waals surface area contributed by atoms with Crippen molar-refractivity contribution in [2.24, 2.45) is 0 Å². The van der Waals surface area contributed by atoms with Gasteiger partial charge in [-0.25, -0.2) is 0 Å². The molecule has 0 aromatic heterocycles. The first-order chi connectivity index (χ1) is 7.95. The fourth-order valence-electron chi connectivity index (χ4n) is 2.68. The summed E-state index contributed by atoms with van der Waals surface area (Å²) >= 11 is 0. The minimum Gasteiger partial charge on any atom is -0.377 e. The molecule has 2 heterocycles. The SMILES string of the molecule is C1CCN(CCCNC[C@H]2CCCO2)CC1. The lowest BCUT2D eigenvalue weighted by molar-refractivity contribution is 0.110. The van der Waals surface area contributed by atoms with E-state index >= 15 is 0 Å². The van der Waals surface area contributed by atoms with Gasteiger partial charge >= 0.3 is 0 Å². The molecule has 1 N–H and O–H groups in total. The van der Waals surface area contributed by atoms with E-state index in [1.165, 1.54) is 58.2 Å². The molecule has 2 aliphatic rings. The van der Waals surface area contributed by atoms with Crippen molar-refractivity contribution < 1.29 is 4.74 Å². The van der Waals surface area contributed by atoms with Gasteiger partial charge in [-0.2, -0.15) is 0 Å².